The number of benzene rings is 1. The van der Waals surface area contributed by atoms with E-state index in [-0.39, 0.29) is 0 Å². The van der Waals surface area contributed by atoms with Gasteiger partial charge in [-0.05, 0) is 18.6 Å². The van der Waals surface area contributed by atoms with Gasteiger partial charge in [0.05, 0.1) is 5.69 Å². The molecule has 1 aliphatic rings. The van der Waals surface area contributed by atoms with Crippen LogP contribution in [0, 0.1) is 0 Å². The molecule has 1 aromatic carbocycles. The molecule has 1 heterocycles. The van der Waals surface area contributed by atoms with Crippen LogP contribution in [0.3, 0.4) is 0 Å². The Morgan fingerprint density at radius 3 is 2.62 bits per heavy atom. The topological polar surface area (TPSA) is 6.48 Å². The zero-order chi connectivity index (χ0) is 9.26. The number of hydrogen-bond donors (Lipinski definition) is 0. The molecule has 0 aromatic heterocycles. The standard InChI is InChI=1S/C11H16N2/c1-3-12-9-10-7-5-6-8-11(10)13(12)4-2/h5-8H,3-4,9H2,1-2H3. The van der Waals surface area contributed by atoms with Gasteiger partial charge in [0.2, 0.25) is 0 Å². The van der Waals surface area contributed by atoms with Crippen molar-refractivity contribution < 1.29 is 0 Å². The number of rotatable bonds is 2. The molecule has 0 spiro atoms. The van der Waals surface area contributed by atoms with Crippen LogP contribution in [0.5, 0.6) is 0 Å². The zero-order valence-electron chi connectivity index (χ0n) is 8.33. The zero-order valence-corrected chi connectivity index (χ0v) is 8.33. The minimum absolute atomic E-state index is 1.06. The molecule has 0 radical (unpaired) electrons. The molecule has 0 bridgehead atoms. The van der Waals surface area contributed by atoms with Crippen molar-refractivity contribution in [1.29, 1.82) is 0 Å². The first-order valence-corrected chi connectivity index (χ1v) is 4.97. The first kappa shape index (κ1) is 8.57. The molecule has 0 N–H and O–H groups in total. The van der Waals surface area contributed by atoms with Gasteiger partial charge in [-0.2, -0.15) is 0 Å². The second-order valence-corrected chi connectivity index (χ2v) is 3.33. The Bertz CT molecular complexity index is 296. The van der Waals surface area contributed by atoms with E-state index in [1.807, 2.05) is 0 Å². The minimum Gasteiger partial charge on any atom is -0.305 e. The molecular formula is C11H16N2. The lowest BCUT2D eigenvalue weighted by molar-refractivity contribution is 0.281. The third kappa shape index (κ3) is 1.31. The maximum absolute atomic E-state index is 2.38. The van der Waals surface area contributed by atoms with Crippen LogP contribution in [0.2, 0.25) is 0 Å². The van der Waals surface area contributed by atoms with Gasteiger partial charge in [0.15, 0.2) is 0 Å². The number of hydrogen-bond acceptors (Lipinski definition) is 2. The van der Waals surface area contributed by atoms with Crippen LogP contribution in [0.25, 0.3) is 0 Å². The summed E-state index contributed by atoms with van der Waals surface area (Å²) in [5.74, 6) is 0. The average molecular weight is 176 g/mol. The van der Waals surface area contributed by atoms with Gasteiger partial charge in [-0.15, -0.1) is 0 Å². The highest BCUT2D eigenvalue weighted by atomic mass is 15.6. The molecule has 0 amide bonds. The highest BCUT2D eigenvalue weighted by Crippen LogP contribution is 2.29. The summed E-state index contributed by atoms with van der Waals surface area (Å²) in [4.78, 5) is 0. The van der Waals surface area contributed by atoms with Crippen molar-refractivity contribution in [2.24, 2.45) is 0 Å². The summed E-state index contributed by atoms with van der Waals surface area (Å²) in [6.45, 7) is 7.62. The fourth-order valence-corrected chi connectivity index (χ4v) is 1.98. The Balaban J connectivity index is 2.34. The van der Waals surface area contributed by atoms with E-state index < -0.39 is 0 Å². The summed E-state index contributed by atoms with van der Waals surface area (Å²) in [6, 6.07) is 8.65. The van der Waals surface area contributed by atoms with Crippen LogP contribution < -0.4 is 5.01 Å². The van der Waals surface area contributed by atoms with Crippen LogP contribution in [0.4, 0.5) is 5.69 Å². The fourth-order valence-electron chi connectivity index (χ4n) is 1.98. The maximum Gasteiger partial charge on any atom is 0.0567 e. The monoisotopic (exact) mass is 176 g/mol. The summed E-state index contributed by atoms with van der Waals surface area (Å²) in [7, 11) is 0. The molecule has 1 aliphatic heterocycles. The molecule has 1 aromatic rings. The molecule has 2 heteroatoms. The van der Waals surface area contributed by atoms with Crippen LogP contribution in [-0.4, -0.2) is 18.1 Å². The van der Waals surface area contributed by atoms with E-state index in [2.05, 4.69) is 48.1 Å². The van der Waals surface area contributed by atoms with E-state index in [9.17, 15) is 0 Å². The minimum atomic E-state index is 1.06. The predicted molar refractivity (Wildman–Crippen MR) is 55.5 cm³/mol. The quantitative estimate of drug-likeness (QED) is 0.682. The molecular weight excluding hydrogens is 160 g/mol. The molecule has 0 unspecified atom stereocenters. The van der Waals surface area contributed by atoms with E-state index in [0.29, 0.717) is 0 Å². The molecule has 2 nitrogen and oxygen atoms in total. The Kier molecular flexibility index (Phi) is 2.23. The fraction of sp³-hybridized carbons (Fsp3) is 0.455. The molecule has 0 saturated carbocycles. The van der Waals surface area contributed by atoms with Crippen LogP contribution >= 0.6 is 0 Å². The number of hydrazine groups is 1. The second kappa shape index (κ2) is 3.38. The molecule has 2 rings (SSSR count). The summed E-state index contributed by atoms with van der Waals surface area (Å²) in [6.07, 6.45) is 0. The molecule has 0 atom stereocenters. The predicted octanol–water partition coefficient (Wildman–Crippen LogP) is 2.26. The lowest BCUT2D eigenvalue weighted by Gasteiger charge is -2.27. The van der Waals surface area contributed by atoms with E-state index in [0.717, 1.165) is 19.6 Å². The number of para-hydroxylation sites is 1. The molecule has 0 aliphatic carbocycles. The molecule has 0 fully saturated rings. The lowest BCUT2D eigenvalue weighted by Crippen LogP contribution is -2.37. The summed E-state index contributed by atoms with van der Waals surface area (Å²) < 4.78 is 0. The van der Waals surface area contributed by atoms with Crippen molar-refractivity contribution in [1.82, 2.24) is 5.01 Å². The van der Waals surface area contributed by atoms with Crippen LogP contribution in [0.15, 0.2) is 24.3 Å². The van der Waals surface area contributed by atoms with Crippen molar-refractivity contribution >= 4 is 5.69 Å². The SMILES string of the molecule is CCN1Cc2ccccc2N1CC. The Labute approximate surface area is 79.7 Å². The number of nitrogens with zero attached hydrogens (tertiary/aromatic N) is 2. The first-order chi connectivity index (χ1) is 6.36. The second-order valence-electron chi connectivity index (χ2n) is 3.33. The smallest absolute Gasteiger partial charge is 0.0567 e. The molecule has 13 heavy (non-hydrogen) atoms. The molecule has 70 valence electrons. The lowest BCUT2D eigenvalue weighted by atomic mass is 10.2. The summed E-state index contributed by atoms with van der Waals surface area (Å²) >= 11 is 0. The Morgan fingerprint density at radius 2 is 1.92 bits per heavy atom. The number of fused-ring (bicyclic) bond motifs is 1. The van der Waals surface area contributed by atoms with Crippen molar-refractivity contribution in [2.45, 2.75) is 20.4 Å². The third-order valence-corrected chi connectivity index (χ3v) is 2.63. The van der Waals surface area contributed by atoms with Gasteiger partial charge in [0.1, 0.15) is 0 Å². The van der Waals surface area contributed by atoms with E-state index in [4.69, 9.17) is 0 Å². The highest BCUT2D eigenvalue weighted by molar-refractivity contribution is 5.55. The van der Waals surface area contributed by atoms with E-state index in [1.165, 1.54) is 11.3 Å². The van der Waals surface area contributed by atoms with Crippen LogP contribution in [-0.2, 0) is 6.54 Å². The van der Waals surface area contributed by atoms with Gasteiger partial charge in [0.25, 0.3) is 0 Å². The van der Waals surface area contributed by atoms with E-state index >= 15 is 0 Å². The van der Waals surface area contributed by atoms with Gasteiger partial charge < -0.3 is 5.01 Å². The molecule has 0 saturated heterocycles. The first-order valence-electron chi connectivity index (χ1n) is 4.97. The van der Waals surface area contributed by atoms with Gasteiger partial charge in [0, 0.05) is 19.6 Å². The largest absolute Gasteiger partial charge is 0.305 e. The van der Waals surface area contributed by atoms with Crippen molar-refractivity contribution in [3.63, 3.8) is 0 Å². The van der Waals surface area contributed by atoms with Crippen molar-refractivity contribution in [3.05, 3.63) is 29.8 Å². The Morgan fingerprint density at radius 1 is 1.15 bits per heavy atom. The average Bonchev–Trinajstić information content (AvgIpc) is 2.55. The van der Waals surface area contributed by atoms with Crippen molar-refractivity contribution in [3.8, 4) is 0 Å². The number of anilines is 1. The van der Waals surface area contributed by atoms with Gasteiger partial charge in [-0.1, -0.05) is 25.1 Å². The summed E-state index contributed by atoms with van der Waals surface area (Å²) in [5.41, 5.74) is 2.83. The highest BCUT2D eigenvalue weighted by Gasteiger charge is 2.23. The maximum atomic E-state index is 2.38. The van der Waals surface area contributed by atoms with Gasteiger partial charge >= 0.3 is 0 Å². The third-order valence-electron chi connectivity index (χ3n) is 2.63. The van der Waals surface area contributed by atoms with E-state index in [1.54, 1.807) is 0 Å². The van der Waals surface area contributed by atoms with Gasteiger partial charge in [-0.3, -0.25) is 0 Å². The van der Waals surface area contributed by atoms with Crippen LogP contribution in [0.1, 0.15) is 19.4 Å². The van der Waals surface area contributed by atoms with Crippen molar-refractivity contribution in [2.75, 3.05) is 18.1 Å². The summed E-state index contributed by atoms with van der Waals surface area (Å²) in [5, 5.41) is 4.74. The van der Waals surface area contributed by atoms with Gasteiger partial charge in [-0.25, -0.2) is 5.01 Å². The Hall–Kier alpha value is -1.02. The normalized spacial score (nSPS) is 16.3.